The number of carbonyl (C=O) groups is 1. The number of fused-ring (bicyclic) bond motifs is 1. The maximum atomic E-state index is 12.3. The Hall–Kier alpha value is -3.99. The average Bonchev–Trinajstić information content (AvgIpc) is 3.40. The first-order valence-corrected chi connectivity index (χ1v) is 10.5. The van der Waals surface area contributed by atoms with Crippen molar-refractivity contribution in [1.82, 2.24) is 14.6 Å². The predicted octanol–water partition coefficient (Wildman–Crippen LogP) is 2.03. The number of nitrogens with zero attached hydrogens (tertiary/aromatic N) is 5. The number of benzene rings is 1. The molecule has 0 aliphatic carbocycles. The van der Waals surface area contributed by atoms with Crippen molar-refractivity contribution in [2.75, 3.05) is 24.7 Å². The highest BCUT2D eigenvalue weighted by atomic mass is 16.6. The van der Waals surface area contributed by atoms with Crippen LogP contribution in [0.3, 0.4) is 0 Å². The van der Waals surface area contributed by atoms with Crippen LogP contribution in [0.15, 0.2) is 47.7 Å². The van der Waals surface area contributed by atoms with Crippen LogP contribution in [-0.2, 0) is 9.47 Å². The van der Waals surface area contributed by atoms with E-state index in [1.54, 1.807) is 40.0 Å². The summed E-state index contributed by atoms with van der Waals surface area (Å²) in [5, 5.41) is 21.2. The Bertz CT molecular complexity index is 1200. The Kier molecular flexibility index (Phi) is 6.22. The highest BCUT2D eigenvalue weighted by molar-refractivity contribution is 5.99. The molecule has 1 aliphatic rings. The lowest BCUT2D eigenvalue weighted by atomic mass is 10.0. The van der Waals surface area contributed by atoms with Crippen LogP contribution in [0.4, 0.5) is 10.6 Å². The molecule has 33 heavy (non-hydrogen) atoms. The summed E-state index contributed by atoms with van der Waals surface area (Å²) in [4.78, 5) is 22.4. The van der Waals surface area contributed by atoms with E-state index in [4.69, 9.17) is 30.7 Å². The molecule has 4 rings (SSSR count). The zero-order valence-electron chi connectivity index (χ0n) is 18.3. The number of hydrogen-bond donors (Lipinski definition) is 3. The quantitative estimate of drug-likeness (QED) is 0.383. The van der Waals surface area contributed by atoms with E-state index in [0.29, 0.717) is 23.6 Å². The van der Waals surface area contributed by atoms with E-state index in [9.17, 15) is 4.79 Å². The number of rotatable bonds is 6. The summed E-state index contributed by atoms with van der Waals surface area (Å²) in [6.07, 6.45) is 3.05. The molecule has 172 valence electrons. The van der Waals surface area contributed by atoms with Crippen LogP contribution in [0.5, 0.6) is 0 Å². The first-order valence-electron chi connectivity index (χ1n) is 10.5. The topological polar surface area (TPSA) is 151 Å². The molecule has 0 bridgehead atoms. The number of anilines is 1. The van der Waals surface area contributed by atoms with Crippen molar-refractivity contribution in [3.8, 4) is 11.1 Å². The second-order valence-electron chi connectivity index (χ2n) is 7.82. The second-order valence-corrected chi connectivity index (χ2v) is 7.82. The molecule has 1 atom stereocenters. The third kappa shape index (κ3) is 4.48. The van der Waals surface area contributed by atoms with Crippen molar-refractivity contribution >= 4 is 29.5 Å². The summed E-state index contributed by atoms with van der Waals surface area (Å²) in [6, 6.07) is 8.56. The van der Waals surface area contributed by atoms with Crippen molar-refractivity contribution in [3.63, 3.8) is 0 Å². The lowest BCUT2D eigenvalue weighted by Gasteiger charge is -2.23. The number of aliphatic imine (C=N–C) groups is 1. The Morgan fingerprint density at radius 1 is 1.36 bits per heavy atom. The van der Waals surface area contributed by atoms with Gasteiger partial charge in [-0.25, -0.2) is 19.3 Å². The van der Waals surface area contributed by atoms with E-state index >= 15 is 0 Å². The number of nitrogens with one attached hydrogen (secondary N) is 1. The summed E-state index contributed by atoms with van der Waals surface area (Å²) in [5.74, 6) is 0.565. The highest BCUT2D eigenvalue weighted by Gasteiger charge is 2.37. The molecule has 0 spiro atoms. The summed E-state index contributed by atoms with van der Waals surface area (Å²) < 4.78 is 12.1. The third-order valence-electron chi connectivity index (χ3n) is 5.31. The van der Waals surface area contributed by atoms with E-state index in [1.807, 2.05) is 26.0 Å². The molecule has 1 fully saturated rings. The van der Waals surface area contributed by atoms with E-state index in [2.05, 4.69) is 10.1 Å². The molecule has 0 saturated carbocycles. The van der Waals surface area contributed by atoms with Crippen LogP contribution in [-0.4, -0.2) is 63.5 Å². The molecule has 1 amide bonds. The van der Waals surface area contributed by atoms with E-state index in [-0.39, 0.29) is 37.0 Å². The minimum Gasteiger partial charge on any atom is -0.447 e. The van der Waals surface area contributed by atoms with Crippen LogP contribution in [0, 0.1) is 11.3 Å². The van der Waals surface area contributed by atoms with Crippen molar-refractivity contribution in [3.05, 3.63) is 48.3 Å². The number of hydrogen-bond acceptors (Lipinski definition) is 8. The number of amidine groups is 1. The molecule has 4 N–H and O–H groups in total. The van der Waals surface area contributed by atoms with Gasteiger partial charge in [0, 0.05) is 17.3 Å². The minimum absolute atomic E-state index is 0.0857. The molecule has 1 aromatic carbocycles. The van der Waals surface area contributed by atoms with Crippen LogP contribution in [0.1, 0.15) is 19.4 Å². The van der Waals surface area contributed by atoms with Crippen LogP contribution in [0.2, 0.25) is 0 Å². The molecule has 11 nitrogen and oxygen atoms in total. The SMILES string of the molecule is CC(C)[C@H]1COC(=O)N1c1ccn2ncc(-c3ccc(C(=N)OC(N)=NCCO)cc3)c2n1. The number of nitrogens with two attached hydrogens (primary N) is 1. The van der Waals surface area contributed by atoms with Gasteiger partial charge in [-0.15, -0.1) is 0 Å². The Morgan fingerprint density at radius 3 is 2.82 bits per heavy atom. The highest BCUT2D eigenvalue weighted by Crippen LogP contribution is 2.29. The van der Waals surface area contributed by atoms with Crippen LogP contribution < -0.4 is 10.6 Å². The number of amides is 1. The monoisotopic (exact) mass is 451 g/mol. The lowest BCUT2D eigenvalue weighted by Crippen LogP contribution is -2.37. The predicted molar refractivity (Wildman–Crippen MR) is 122 cm³/mol. The largest absolute Gasteiger partial charge is 0.447 e. The Morgan fingerprint density at radius 2 is 2.12 bits per heavy atom. The summed E-state index contributed by atoms with van der Waals surface area (Å²) in [5.41, 5.74) is 8.29. The molecule has 2 aromatic heterocycles. The zero-order valence-corrected chi connectivity index (χ0v) is 18.3. The van der Waals surface area contributed by atoms with Gasteiger partial charge in [0.2, 0.25) is 5.90 Å². The molecule has 3 aromatic rings. The molecule has 1 aliphatic heterocycles. The van der Waals surface area contributed by atoms with Crippen molar-refractivity contribution in [1.29, 1.82) is 5.41 Å². The molecule has 3 heterocycles. The van der Waals surface area contributed by atoms with Gasteiger partial charge in [0.1, 0.15) is 12.4 Å². The molecular formula is C22H25N7O4. The zero-order chi connectivity index (χ0) is 23.5. The van der Waals surface area contributed by atoms with Gasteiger partial charge in [0.05, 0.1) is 25.4 Å². The second kappa shape index (κ2) is 9.25. The summed E-state index contributed by atoms with van der Waals surface area (Å²) in [7, 11) is 0. The number of aliphatic hydroxyl groups excluding tert-OH is 1. The van der Waals surface area contributed by atoms with E-state index in [0.717, 1.165) is 11.1 Å². The van der Waals surface area contributed by atoms with Gasteiger partial charge < -0.3 is 20.3 Å². The fourth-order valence-corrected chi connectivity index (χ4v) is 3.54. The van der Waals surface area contributed by atoms with Crippen LogP contribution >= 0.6 is 0 Å². The average molecular weight is 451 g/mol. The van der Waals surface area contributed by atoms with Gasteiger partial charge >= 0.3 is 6.09 Å². The molecule has 1 saturated heterocycles. The molecule has 0 radical (unpaired) electrons. The van der Waals surface area contributed by atoms with Gasteiger partial charge in [-0.05, 0) is 29.7 Å². The van der Waals surface area contributed by atoms with Gasteiger partial charge in [0.15, 0.2) is 5.65 Å². The molecule has 0 unspecified atom stereocenters. The van der Waals surface area contributed by atoms with Crippen LogP contribution in [0.25, 0.3) is 16.8 Å². The maximum absolute atomic E-state index is 12.3. The van der Waals surface area contributed by atoms with Crippen molar-refractivity contribution in [2.45, 2.75) is 19.9 Å². The number of carbonyl (C=O) groups excluding carboxylic acids is 1. The Labute approximate surface area is 190 Å². The minimum atomic E-state index is -0.406. The summed E-state index contributed by atoms with van der Waals surface area (Å²) >= 11 is 0. The van der Waals surface area contributed by atoms with Gasteiger partial charge in [0.25, 0.3) is 6.02 Å². The first-order chi connectivity index (χ1) is 15.9. The van der Waals surface area contributed by atoms with Gasteiger partial charge in [-0.2, -0.15) is 5.10 Å². The lowest BCUT2D eigenvalue weighted by molar-refractivity contribution is 0.177. The molecular weight excluding hydrogens is 426 g/mol. The van der Waals surface area contributed by atoms with Gasteiger partial charge in [-0.3, -0.25) is 10.3 Å². The van der Waals surface area contributed by atoms with Gasteiger partial charge in [-0.1, -0.05) is 26.0 Å². The fraction of sp³-hybridized carbons (Fsp3) is 0.318. The standard InChI is InChI=1S/C22H25N7O4/c1-13(2)17-12-32-22(31)29(17)18-7-9-28-20(27-18)16(11-26-28)14-3-5-15(6-4-14)19(23)33-21(24)25-8-10-30/h3-7,9,11,13,17,23,30H,8,10,12H2,1-2H3,(H2,24,25)/t17-/m1/s1. The number of cyclic esters (lactones) is 1. The van der Waals surface area contributed by atoms with Crippen molar-refractivity contribution < 1.29 is 19.4 Å². The number of aromatic nitrogens is 3. The third-order valence-corrected chi connectivity index (χ3v) is 5.31. The normalized spacial score (nSPS) is 16.5. The number of aliphatic hydroxyl groups is 1. The van der Waals surface area contributed by atoms with E-state index in [1.165, 1.54) is 0 Å². The number of ether oxygens (including phenoxy) is 2. The Balaban J connectivity index is 1.61. The first kappa shape index (κ1) is 22.2. The maximum Gasteiger partial charge on any atom is 0.415 e. The smallest absolute Gasteiger partial charge is 0.415 e. The summed E-state index contributed by atoms with van der Waals surface area (Å²) in [6.45, 7) is 4.36. The van der Waals surface area contributed by atoms with E-state index < -0.39 is 6.09 Å². The fourth-order valence-electron chi connectivity index (χ4n) is 3.54. The molecule has 11 heteroatoms. The van der Waals surface area contributed by atoms with Crippen molar-refractivity contribution in [2.24, 2.45) is 16.6 Å².